The quantitative estimate of drug-likeness (QED) is 0.941. The van der Waals surface area contributed by atoms with Gasteiger partial charge in [0.05, 0.1) is 10.0 Å². The van der Waals surface area contributed by atoms with Gasteiger partial charge in [0.1, 0.15) is 6.54 Å². The van der Waals surface area contributed by atoms with Crippen molar-refractivity contribution in [3.63, 3.8) is 0 Å². The summed E-state index contributed by atoms with van der Waals surface area (Å²) in [4.78, 5) is 11.8. The van der Waals surface area contributed by atoms with Crippen molar-refractivity contribution in [3.8, 4) is 0 Å². The molecule has 0 aliphatic rings. The third-order valence-corrected chi connectivity index (χ3v) is 3.16. The van der Waals surface area contributed by atoms with Crippen LogP contribution >= 0.6 is 23.2 Å². The van der Waals surface area contributed by atoms with Gasteiger partial charge in [-0.15, -0.1) is 0 Å². The van der Waals surface area contributed by atoms with Crippen LogP contribution in [0, 0.1) is 6.92 Å². The number of nitrogens with zero attached hydrogens (tertiary/aromatic N) is 2. The SMILES string of the molecule is Cc1ccnn1CC(=O)Nc1ccc(Cl)c(Cl)c1. The van der Waals surface area contributed by atoms with Crippen LogP contribution in [0.5, 0.6) is 0 Å². The maximum Gasteiger partial charge on any atom is 0.246 e. The Bertz CT molecular complexity index is 580. The lowest BCUT2D eigenvalue weighted by atomic mass is 10.3. The Balaban J connectivity index is 2.03. The number of hydrogen-bond donors (Lipinski definition) is 1. The number of nitrogens with one attached hydrogen (secondary N) is 1. The lowest BCUT2D eigenvalue weighted by molar-refractivity contribution is -0.116. The minimum atomic E-state index is -0.166. The zero-order chi connectivity index (χ0) is 13.1. The molecular weight excluding hydrogens is 273 g/mol. The third-order valence-electron chi connectivity index (χ3n) is 2.43. The van der Waals surface area contributed by atoms with Crippen LogP contribution in [-0.2, 0) is 11.3 Å². The molecule has 1 aromatic carbocycles. The van der Waals surface area contributed by atoms with Crippen LogP contribution in [0.4, 0.5) is 5.69 Å². The highest BCUT2D eigenvalue weighted by molar-refractivity contribution is 6.42. The van der Waals surface area contributed by atoms with Gasteiger partial charge < -0.3 is 5.32 Å². The molecule has 1 N–H and O–H groups in total. The molecule has 18 heavy (non-hydrogen) atoms. The highest BCUT2D eigenvalue weighted by Crippen LogP contribution is 2.24. The zero-order valence-corrected chi connectivity index (χ0v) is 11.2. The van der Waals surface area contributed by atoms with Gasteiger partial charge in [0.2, 0.25) is 5.91 Å². The second kappa shape index (κ2) is 5.42. The Morgan fingerprint density at radius 1 is 1.33 bits per heavy atom. The molecule has 0 spiro atoms. The van der Waals surface area contributed by atoms with Gasteiger partial charge in [0, 0.05) is 17.6 Å². The van der Waals surface area contributed by atoms with Gasteiger partial charge in [-0.2, -0.15) is 5.10 Å². The van der Waals surface area contributed by atoms with Crippen molar-refractivity contribution in [2.45, 2.75) is 13.5 Å². The van der Waals surface area contributed by atoms with E-state index in [-0.39, 0.29) is 12.5 Å². The molecule has 6 heteroatoms. The lowest BCUT2D eigenvalue weighted by Gasteiger charge is -2.07. The molecule has 1 amide bonds. The van der Waals surface area contributed by atoms with E-state index >= 15 is 0 Å². The molecule has 0 atom stereocenters. The Kier molecular flexibility index (Phi) is 3.89. The Labute approximate surface area is 115 Å². The second-order valence-corrected chi connectivity index (χ2v) is 4.62. The summed E-state index contributed by atoms with van der Waals surface area (Å²) in [6.07, 6.45) is 1.65. The standard InChI is InChI=1S/C12H11Cl2N3O/c1-8-4-5-15-17(8)7-12(18)16-9-2-3-10(13)11(14)6-9/h2-6H,7H2,1H3,(H,16,18). The summed E-state index contributed by atoms with van der Waals surface area (Å²) >= 11 is 11.7. The summed E-state index contributed by atoms with van der Waals surface area (Å²) in [6, 6.07) is 6.78. The van der Waals surface area contributed by atoms with Gasteiger partial charge >= 0.3 is 0 Å². The molecule has 1 heterocycles. The van der Waals surface area contributed by atoms with Gasteiger partial charge in [-0.25, -0.2) is 0 Å². The first-order valence-corrected chi connectivity index (χ1v) is 6.05. The highest BCUT2D eigenvalue weighted by Gasteiger charge is 2.07. The van der Waals surface area contributed by atoms with Gasteiger partial charge in [-0.05, 0) is 31.2 Å². The summed E-state index contributed by atoms with van der Waals surface area (Å²) in [5.74, 6) is -0.166. The average molecular weight is 284 g/mol. The van der Waals surface area contributed by atoms with Crippen molar-refractivity contribution in [2.24, 2.45) is 0 Å². The largest absolute Gasteiger partial charge is 0.324 e. The van der Waals surface area contributed by atoms with Crippen molar-refractivity contribution in [1.29, 1.82) is 0 Å². The van der Waals surface area contributed by atoms with Gasteiger partial charge in [-0.3, -0.25) is 9.48 Å². The van der Waals surface area contributed by atoms with Gasteiger partial charge in [0.25, 0.3) is 0 Å². The van der Waals surface area contributed by atoms with Crippen molar-refractivity contribution in [2.75, 3.05) is 5.32 Å². The first-order valence-electron chi connectivity index (χ1n) is 5.29. The predicted octanol–water partition coefficient (Wildman–Crippen LogP) is 3.14. The number of aromatic nitrogens is 2. The Hall–Kier alpha value is -1.52. The van der Waals surface area contributed by atoms with Gasteiger partial charge in [0.15, 0.2) is 0 Å². The van der Waals surface area contributed by atoms with Crippen molar-refractivity contribution in [1.82, 2.24) is 9.78 Å². The number of halogens is 2. The first kappa shape index (κ1) is 12.9. The van der Waals surface area contributed by atoms with E-state index in [1.807, 2.05) is 13.0 Å². The minimum Gasteiger partial charge on any atom is -0.324 e. The van der Waals surface area contributed by atoms with E-state index in [4.69, 9.17) is 23.2 Å². The lowest BCUT2D eigenvalue weighted by Crippen LogP contribution is -2.20. The predicted molar refractivity (Wildman–Crippen MR) is 72.1 cm³/mol. The molecule has 2 rings (SSSR count). The molecule has 1 aromatic heterocycles. The number of hydrogen-bond acceptors (Lipinski definition) is 2. The molecule has 0 unspecified atom stereocenters. The van der Waals surface area contributed by atoms with Crippen molar-refractivity contribution >= 4 is 34.8 Å². The van der Waals surface area contributed by atoms with E-state index in [0.717, 1.165) is 5.69 Å². The monoisotopic (exact) mass is 283 g/mol. The van der Waals surface area contributed by atoms with E-state index in [1.54, 1.807) is 29.1 Å². The fraction of sp³-hybridized carbons (Fsp3) is 0.167. The fourth-order valence-electron chi connectivity index (χ4n) is 1.47. The van der Waals surface area contributed by atoms with Crippen LogP contribution in [0.2, 0.25) is 10.0 Å². The fourth-order valence-corrected chi connectivity index (χ4v) is 1.77. The van der Waals surface area contributed by atoms with E-state index in [2.05, 4.69) is 10.4 Å². The van der Waals surface area contributed by atoms with Crippen LogP contribution < -0.4 is 5.32 Å². The van der Waals surface area contributed by atoms with E-state index < -0.39 is 0 Å². The summed E-state index contributed by atoms with van der Waals surface area (Å²) in [6.45, 7) is 2.05. The summed E-state index contributed by atoms with van der Waals surface area (Å²) in [7, 11) is 0. The van der Waals surface area contributed by atoms with Crippen LogP contribution in [0.15, 0.2) is 30.5 Å². The number of amides is 1. The van der Waals surface area contributed by atoms with E-state index in [9.17, 15) is 4.79 Å². The summed E-state index contributed by atoms with van der Waals surface area (Å²) in [5, 5.41) is 7.63. The van der Waals surface area contributed by atoms with Crippen LogP contribution in [0.25, 0.3) is 0 Å². The minimum absolute atomic E-state index is 0.166. The van der Waals surface area contributed by atoms with Crippen molar-refractivity contribution < 1.29 is 4.79 Å². The summed E-state index contributed by atoms with van der Waals surface area (Å²) < 4.78 is 1.62. The number of carbonyl (C=O) groups is 1. The van der Waals surface area contributed by atoms with Crippen LogP contribution in [0.3, 0.4) is 0 Å². The molecule has 2 aromatic rings. The molecule has 0 bridgehead atoms. The number of rotatable bonds is 3. The normalized spacial score (nSPS) is 10.4. The number of carbonyl (C=O) groups excluding carboxylic acids is 1. The molecule has 0 aliphatic carbocycles. The third kappa shape index (κ3) is 3.03. The second-order valence-electron chi connectivity index (χ2n) is 3.81. The van der Waals surface area contributed by atoms with Crippen molar-refractivity contribution in [3.05, 3.63) is 46.2 Å². The molecular formula is C12H11Cl2N3O. The topological polar surface area (TPSA) is 46.9 Å². The molecule has 0 radical (unpaired) electrons. The Morgan fingerprint density at radius 2 is 2.11 bits per heavy atom. The zero-order valence-electron chi connectivity index (χ0n) is 9.65. The maximum atomic E-state index is 11.8. The van der Waals surface area contributed by atoms with E-state index in [1.165, 1.54) is 0 Å². The first-order chi connectivity index (χ1) is 8.56. The molecule has 94 valence electrons. The Morgan fingerprint density at radius 3 is 2.72 bits per heavy atom. The maximum absolute atomic E-state index is 11.8. The van der Waals surface area contributed by atoms with Crippen LogP contribution in [0.1, 0.15) is 5.69 Å². The summed E-state index contributed by atoms with van der Waals surface area (Å²) in [5.41, 5.74) is 1.54. The number of benzene rings is 1. The molecule has 0 saturated heterocycles. The average Bonchev–Trinajstić information content (AvgIpc) is 2.70. The highest BCUT2D eigenvalue weighted by atomic mass is 35.5. The molecule has 0 aliphatic heterocycles. The smallest absolute Gasteiger partial charge is 0.246 e. The molecule has 0 fully saturated rings. The van der Waals surface area contributed by atoms with Gasteiger partial charge in [-0.1, -0.05) is 23.2 Å². The number of anilines is 1. The molecule has 4 nitrogen and oxygen atoms in total. The van der Waals surface area contributed by atoms with Crippen LogP contribution in [-0.4, -0.2) is 15.7 Å². The molecule has 0 saturated carbocycles. The number of aryl methyl sites for hydroxylation is 1. The van der Waals surface area contributed by atoms with E-state index in [0.29, 0.717) is 15.7 Å².